The van der Waals surface area contributed by atoms with E-state index in [0.717, 1.165) is 0 Å². The molecule has 0 spiro atoms. The third-order valence-corrected chi connectivity index (χ3v) is 4.11. The van der Waals surface area contributed by atoms with Crippen molar-refractivity contribution < 1.29 is 23.6 Å². The molecule has 2 heterocycles. The number of hydrogen-bond donors (Lipinski definition) is 0. The Hall–Kier alpha value is -2.67. The molecule has 0 N–H and O–H groups in total. The minimum atomic E-state index is -0.180. The number of Topliss-reactive ketones (excluding diaryl/α,β-unsaturated/α-hetero) is 1. The van der Waals surface area contributed by atoms with Gasteiger partial charge in [-0.2, -0.15) is 0 Å². The number of rotatable bonds is 5. The summed E-state index contributed by atoms with van der Waals surface area (Å²) >= 11 is 0. The highest BCUT2D eigenvalue weighted by Gasteiger charge is 2.28. The zero-order valence-electron chi connectivity index (χ0n) is 15.1. The largest absolute Gasteiger partial charge is 0.486 e. The molecule has 1 amide bonds. The number of carbonyl (C=O) groups excluding carboxylic acids is 2. The average Bonchev–Trinajstić information content (AvgIpc) is 3.07. The third kappa shape index (κ3) is 4.29. The van der Waals surface area contributed by atoms with Gasteiger partial charge in [0.05, 0.1) is 12.2 Å². The maximum Gasteiger partial charge on any atom is 0.276 e. The van der Waals surface area contributed by atoms with Crippen molar-refractivity contribution in [2.45, 2.75) is 39.6 Å². The van der Waals surface area contributed by atoms with E-state index in [1.165, 1.54) is 6.92 Å². The molecular weight excluding hydrogens is 336 g/mol. The summed E-state index contributed by atoms with van der Waals surface area (Å²) in [5, 5.41) is 3.86. The van der Waals surface area contributed by atoms with Crippen LogP contribution in [0.15, 0.2) is 34.9 Å². The van der Waals surface area contributed by atoms with Crippen LogP contribution in [0.25, 0.3) is 0 Å². The van der Waals surface area contributed by atoms with Crippen molar-refractivity contribution in [1.29, 1.82) is 0 Å². The van der Waals surface area contributed by atoms with E-state index in [9.17, 15) is 9.59 Å². The van der Waals surface area contributed by atoms with Crippen LogP contribution in [-0.4, -0.2) is 47.0 Å². The SMILES string of the molecule is CC(=O)c1cccc(OCc2cc(C(=O)N3C[C@@H](C)O[C@@H](C)C3)no2)c1. The molecule has 1 aliphatic heterocycles. The van der Waals surface area contributed by atoms with E-state index < -0.39 is 0 Å². The van der Waals surface area contributed by atoms with E-state index in [1.807, 2.05) is 13.8 Å². The molecule has 0 aliphatic carbocycles. The fourth-order valence-corrected chi connectivity index (χ4v) is 2.95. The summed E-state index contributed by atoms with van der Waals surface area (Å²) in [6, 6.07) is 8.49. The van der Waals surface area contributed by atoms with E-state index in [2.05, 4.69) is 5.16 Å². The molecule has 1 aromatic heterocycles. The second-order valence-electron chi connectivity index (χ2n) is 6.52. The van der Waals surface area contributed by atoms with Gasteiger partial charge in [-0.05, 0) is 32.9 Å². The second-order valence-corrected chi connectivity index (χ2v) is 6.52. The molecule has 7 heteroatoms. The predicted octanol–water partition coefficient (Wildman–Crippen LogP) is 2.71. The summed E-state index contributed by atoms with van der Waals surface area (Å²) in [4.78, 5) is 25.7. The molecular formula is C19H22N2O5. The third-order valence-electron chi connectivity index (χ3n) is 4.11. The van der Waals surface area contributed by atoms with Crippen LogP contribution in [0.3, 0.4) is 0 Å². The van der Waals surface area contributed by atoms with Gasteiger partial charge >= 0.3 is 0 Å². The molecule has 0 unspecified atom stereocenters. The molecule has 138 valence electrons. The van der Waals surface area contributed by atoms with E-state index in [1.54, 1.807) is 35.2 Å². The normalized spacial score (nSPS) is 20.0. The molecule has 7 nitrogen and oxygen atoms in total. The van der Waals surface area contributed by atoms with E-state index in [4.69, 9.17) is 14.0 Å². The second kappa shape index (κ2) is 7.70. The highest BCUT2D eigenvalue weighted by molar-refractivity contribution is 5.94. The lowest BCUT2D eigenvalue weighted by Gasteiger charge is -2.34. The van der Waals surface area contributed by atoms with Crippen LogP contribution in [-0.2, 0) is 11.3 Å². The van der Waals surface area contributed by atoms with E-state index >= 15 is 0 Å². The zero-order valence-corrected chi connectivity index (χ0v) is 15.1. The number of benzene rings is 1. The monoisotopic (exact) mass is 358 g/mol. The number of aromatic nitrogens is 1. The fourth-order valence-electron chi connectivity index (χ4n) is 2.95. The van der Waals surface area contributed by atoms with Gasteiger partial charge in [0.15, 0.2) is 17.2 Å². The zero-order chi connectivity index (χ0) is 18.7. The quantitative estimate of drug-likeness (QED) is 0.765. The first-order valence-corrected chi connectivity index (χ1v) is 8.56. The molecule has 26 heavy (non-hydrogen) atoms. The van der Waals surface area contributed by atoms with Gasteiger partial charge in [-0.15, -0.1) is 0 Å². The Morgan fingerprint density at radius 3 is 2.65 bits per heavy atom. The number of morpholine rings is 1. The lowest BCUT2D eigenvalue weighted by atomic mass is 10.1. The van der Waals surface area contributed by atoms with Gasteiger partial charge < -0.3 is 18.9 Å². The Morgan fingerprint density at radius 1 is 1.23 bits per heavy atom. The Morgan fingerprint density at radius 2 is 1.96 bits per heavy atom. The Balaban J connectivity index is 1.62. The van der Waals surface area contributed by atoms with Crippen LogP contribution in [0, 0.1) is 0 Å². The first kappa shape index (κ1) is 18.1. The van der Waals surface area contributed by atoms with Crippen molar-refractivity contribution >= 4 is 11.7 Å². The fraction of sp³-hybridized carbons (Fsp3) is 0.421. The summed E-state index contributed by atoms with van der Waals surface area (Å²) in [6.45, 7) is 6.55. The maximum atomic E-state index is 12.6. The van der Waals surface area contributed by atoms with Crippen LogP contribution < -0.4 is 4.74 Å². The number of ether oxygens (including phenoxy) is 2. The van der Waals surface area contributed by atoms with Crippen molar-refractivity contribution in [3.8, 4) is 5.75 Å². The highest BCUT2D eigenvalue weighted by atomic mass is 16.5. The smallest absolute Gasteiger partial charge is 0.276 e. The van der Waals surface area contributed by atoms with Crippen LogP contribution in [0.1, 0.15) is 47.4 Å². The Labute approximate surface area is 151 Å². The number of amides is 1. The van der Waals surface area contributed by atoms with Gasteiger partial charge in [0.25, 0.3) is 5.91 Å². The van der Waals surface area contributed by atoms with Crippen LogP contribution in [0.2, 0.25) is 0 Å². The average molecular weight is 358 g/mol. The predicted molar refractivity (Wildman–Crippen MR) is 93.2 cm³/mol. The Bertz CT molecular complexity index is 791. The molecule has 1 aliphatic rings. The van der Waals surface area contributed by atoms with Crippen molar-refractivity contribution in [2.75, 3.05) is 13.1 Å². The van der Waals surface area contributed by atoms with Gasteiger partial charge in [-0.1, -0.05) is 17.3 Å². The molecule has 1 saturated heterocycles. The molecule has 2 aromatic rings. The standard InChI is InChI=1S/C19H22N2O5/c1-12-9-21(10-13(2)25-12)19(23)18-8-17(26-20-18)11-24-16-6-4-5-15(7-16)14(3)22/h4-8,12-13H,9-11H2,1-3H3/t12-,13+. The van der Waals surface area contributed by atoms with Gasteiger partial charge in [-0.25, -0.2) is 0 Å². The van der Waals surface area contributed by atoms with E-state index in [-0.39, 0.29) is 36.2 Å². The minimum Gasteiger partial charge on any atom is -0.486 e. The summed E-state index contributed by atoms with van der Waals surface area (Å²) in [7, 11) is 0. The molecule has 1 fully saturated rings. The van der Waals surface area contributed by atoms with Gasteiger partial charge in [0.1, 0.15) is 12.4 Å². The van der Waals surface area contributed by atoms with Gasteiger partial charge in [-0.3, -0.25) is 9.59 Å². The van der Waals surface area contributed by atoms with E-state index in [0.29, 0.717) is 30.2 Å². The van der Waals surface area contributed by atoms with Gasteiger partial charge in [0.2, 0.25) is 0 Å². The molecule has 0 saturated carbocycles. The lowest BCUT2D eigenvalue weighted by Crippen LogP contribution is -2.48. The summed E-state index contributed by atoms with van der Waals surface area (Å²) in [5.74, 6) is 0.784. The molecule has 0 bridgehead atoms. The topological polar surface area (TPSA) is 81.9 Å². The summed E-state index contributed by atoms with van der Waals surface area (Å²) in [6.07, 6.45) is -0.0167. The molecule has 1 aromatic carbocycles. The van der Waals surface area contributed by atoms with Crippen LogP contribution in [0.4, 0.5) is 0 Å². The summed E-state index contributed by atoms with van der Waals surface area (Å²) < 4.78 is 16.5. The minimum absolute atomic E-state index is 0.00837. The number of carbonyl (C=O) groups is 2. The number of ketones is 1. The molecule has 2 atom stereocenters. The highest BCUT2D eigenvalue weighted by Crippen LogP contribution is 2.18. The maximum absolute atomic E-state index is 12.6. The first-order chi connectivity index (χ1) is 12.4. The van der Waals surface area contributed by atoms with Crippen molar-refractivity contribution in [3.05, 3.63) is 47.3 Å². The molecule has 0 radical (unpaired) electrons. The van der Waals surface area contributed by atoms with Crippen molar-refractivity contribution in [2.24, 2.45) is 0 Å². The van der Waals surface area contributed by atoms with Crippen LogP contribution >= 0.6 is 0 Å². The van der Waals surface area contributed by atoms with Crippen LogP contribution in [0.5, 0.6) is 5.75 Å². The lowest BCUT2D eigenvalue weighted by molar-refractivity contribution is -0.0588. The first-order valence-electron chi connectivity index (χ1n) is 8.56. The Kier molecular flexibility index (Phi) is 5.37. The van der Waals surface area contributed by atoms with Crippen molar-refractivity contribution in [1.82, 2.24) is 10.1 Å². The molecule has 3 rings (SSSR count). The number of hydrogen-bond acceptors (Lipinski definition) is 6. The van der Waals surface area contributed by atoms with Gasteiger partial charge in [0, 0.05) is 24.7 Å². The van der Waals surface area contributed by atoms with Crippen molar-refractivity contribution in [3.63, 3.8) is 0 Å². The summed E-state index contributed by atoms with van der Waals surface area (Å²) in [5.41, 5.74) is 0.828. The number of nitrogens with zero attached hydrogens (tertiary/aromatic N) is 2.